The third-order valence-electron chi connectivity index (χ3n) is 3.63. The Bertz CT molecular complexity index is 901. The standard InChI is InChI=1S/C18H17NO3S2/c1-3-8-13(2)18(24(20,21)22)19-14-9-4-6-11-16(14)23-17-12-7-5-10-15(17)19/h3-12H,1-2H3,(H,20,21,22). The van der Waals surface area contributed by atoms with Gasteiger partial charge in [-0.1, -0.05) is 48.2 Å². The minimum atomic E-state index is -4.43. The average Bonchev–Trinajstić information content (AvgIpc) is 2.53. The highest BCUT2D eigenvalue weighted by Gasteiger charge is 2.32. The number of benzene rings is 2. The van der Waals surface area contributed by atoms with E-state index >= 15 is 0 Å². The van der Waals surface area contributed by atoms with Crippen LogP contribution in [-0.4, -0.2) is 13.0 Å². The molecule has 2 aromatic rings. The molecule has 0 aliphatic carbocycles. The molecule has 124 valence electrons. The highest BCUT2D eigenvalue weighted by molar-refractivity contribution is 7.99. The van der Waals surface area contributed by atoms with Crippen molar-refractivity contribution in [3.05, 3.63) is 71.3 Å². The number of fused-ring (bicyclic) bond motifs is 2. The largest absolute Gasteiger partial charge is 0.310 e. The maximum atomic E-state index is 12.2. The summed E-state index contributed by atoms with van der Waals surface area (Å²) in [7, 11) is -4.43. The molecule has 0 aromatic heterocycles. The molecule has 0 bridgehead atoms. The Morgan fingerprint density at radius 3 is 2.00 bits per heavy atom. The number of allylic oxidation sites excluding steroid dienone is 3. The van der Waals surface area contributed by atoms with Gasteiger partial charge >= 0.3 is 10.1 Å². The van der Waals surface area contributed by atoms with E-state index in [0.29, 0.717) is 5.57 Å². The summed E-state index contributed by atoms with van der Waals surface area (Å²) in [4.78, 5) is 3.49. The Morgan fingerprint density at radius 2 is 1.54 bits per heavy atom. The van der Waals surface area contributed by atoms with Crippen molar-refractivity contribution in [1.29, 1.82) is 0 Å². The summed E-state index contributed by atoms with van der Waals surface area (Å²) in [5.74, 6) is 0. The topological polar surface area (TPSA) is 57.6 Å². The summed E-state index contributed by atoms with van der Waals surface area (Å²) in [6, 6.07) is 15.1. The summed E-state index contributed by atoms with van der Waals surface area (Å²) in [5, 5.41) is -0.124. The first-order valence-corrected chi connectivity index (χ1v) is 9.66. The molecule has 2 aromatic carbocycles. The number of hydrogen-bond acceptors (Lipinski definition) is 4. The lowest BCUT2D eigenvalue weighted by Crippen LogP contribution is -2.26. The molecular weight excluding hydrogens is 342 g/mol. The lowest BCUT2D eigenvalue weighted by molar-refractivity contribution is 0.489. The zero-order valence-corrected chi connectivity index (χ0v) is 14.9. The molecule has 0 fully saturated rings. The molecule has 1 N–H and O–H groups in total. The predicted molar refractivity (Wildman–Crippen MR) is 98.2 cm³/mol. The van der Waals surface area contributed by atoms with Gasteiger partial charge in [0.1, 0.15) is 0 Å². The first kappa shape index (κ1) is 16.8. The van der Waals surface area contributed by atoms with Crippen LogP contribution in [-0.2, 0) is 10.1 Å². The number of nitrogens with zero attached hydrogens (tertiary/aromatic N) is 1. The fraction of sp³-hybridized carbons (Fsp3) is 0.111. The van der Waals surface area contributed by atoms with Gasteiger partial charge in [0.05, 0.1) is 11.4 Å². The van der Waals surface area contributed by atoms with Gasteiger partial charge in [-0.15, -0.1) is 0 Å². The molecule has 1 heterocycles. The Labute approximate surface area is 146 Å². The SMILES string of the molecule is CC=CC(C)=C(N1c2ccccc2Sc2ccccc21)S(=O)(=O)O. The van der Waals surface area contributed by atoms with E-state index in [2.05, 4.69) is 0 Å². The van der Waals surface area contributed by atoms with Crippen molar-refractivity contribution >= 4 is 33.3 Å². The molecule has 0 saturated heterocycles. The van der Waals surface area contributed by atoms with Gasteiger partial charge in [0.2, 0.25) is 0 Å². The predicted octanol–water partition coefficient (Wildman–Crippen LogP) is 4.98. The zero-order chi connectivity index (χ0) is 17.3. The van der Waals surface area contributed by atoms with Gasteiger partial charge in [-0.2, -0.15) is 8.42 Å². The first-order valence-electron chi connectivity index (χ1n) is 7.40. The quantitative estimate of drug-likeness (QED) is 0.618. The van der Waals surface area contributed by atoms with E-state index in [9.17, 15) is 13.0 Å². The van der Waals surface area contributed by atoms with E-state index in [1.54, 1.807) is 42.7 Å². The van der Waals surface area contributed by atoms with Gasteiger partial charge in [-0.3, -0.25) is 9.45 Å². The maximum absolute atomic E-state index is 12.2. The van der Waals surface area contributed by atoms with Crippen LogP contribution in [0.5, 0.6) is 0 Å². The van der Waals surface area contributed by atoms with Crippen LogP contribution >= 0.6 is 11.8 Å². The Balaban J connectivity index is 2.36. The second kappa shape index (κ2) is 6.47. The summed E-state index contributed by atoms with van der Waals surface area (Å²) >= 11 is 1.58. The van der Waals surface area contributed by atoms with Crippen LogP contribution in [0.4, 0.5) is 11.4 Å². The van der Waals surface area contributed by atoms with E-state index in [4.69, 9.17) is 0 Å². The Kier molecular flexibility index (Phi) is 4.54. The fourth-order valence-corrected chi connectivity index (χ4v) is 4.70. The van der Waals surface area contributed by atoms with Crippen molar-refractivity contribution < 1.29 is 13.0 Å². The van der Waals surface area contributed by atoms with E-state index in [0.717, 1.165) is 21.2 Å². The van der Waals surface area contributed by atoms with Crippen LogP contribution in [0.1, 0.15) is 13.8 Å². The fourth-order valence-electron chi connectivity index (χ4n) is 2.74. The summed E-state index contributed by atoms with van der Waals surface area (Å²) in [5.41, 5.74) is 1.94. The van der Waals surface area contributed by atoms with Crippen LogP contribution in [0.2, 0.25) is 0 Å². The molecule has 0 saturated carbocycles. The molecule has 3 rings (SSSR count). The van der Waals surface area contributed by atoms with Gasteiger partial charge in [0, 0.05) is 9.79 Å². The van der Waals surface area contributed by atoms with Crippen molar-refractivity contribution in [3.8, 4) is 0 Å². The molecule has 0 radical (unpaired) electrons. The van der Waals surface area contributed by atoms with E-state index in [1.807, 2.05) is 48.5 Å². The molecule has 1 aliphatic heterocycles. The molecule has 0 atom stereocenters. The molecule has 6 heteroatoms. The second-order valence-electron chi connectivity index (χ2n) is 5.34. The average molecular weight is 359 g/mol. The second-order valence-corrected chi connectivity index (χ2v) is 7.76. The lowest BCUT2D eigenvalue weighted by atomic mass is 10.2. The van der Waals surface area contributed by atoms with Crippen LogP contribution in [0, 0.1) is 0 Å². The van der Waals surface area contributed by atoms with Gasteiger partial charge in [0.25, 0.3) is 0 Å². The minimum Gasteiger partial charge on any atom is -0.296 e. The number of rotatable bonds is 3. The third kappa shape index (κ3) is 3.00. The van der Waals surface area contributed by atoms with Gasteiger partial charge < -0.3 is 0 Å². The highest BCUT2D eigenvalue weighted by atomic mass is 32.2. The smallest absolute Gasteiger partial charge is 0.296 e. The molecule has 4 nitrogen and oxygen atoms in total. The van der Waals surface area contributed by atoms with Crippen LogP contribution < -0.4 is 4.90 Å². The minimum absolute atomic E-state index is 0.124. The van der Waals surface area contributed by atoms with Crippen LogP contribution in [0.15, 0.2) is 81.1 Å². The van der Waals surface area contributed by atoms with Crippen molar-refractivity contribution in [3.63, 3.8) is 0 Å². The maximum Gasteiger partial charge on any atom is 0.310 e. The number of anilines is 2. The molecule has 1 aliphatic rings. The van der Waals surface area contributed by atoms with E-state index in [1.165, 1.54) is 0 Å². The van der Waals surface area contributed by atoms with Gasteiger partial charge in [-0.05, 0) is 43.7 Å². The highest BCUT2D eigenvalue weighted by Crippen LogP contribution is 2.50. The van der Waals surface area contributed by atoms with Crippen molar-refractivity contribution in [2.75, 3.05) is 4.90 Å². The summed E-state index contributed by atoms with van der Waals surface area (Å²) in [6.45, 7) is 3.48. The third-order valence-corrected chi connectivity index (χ3v) is 5.76. The van der Waals surface area contributed by atoms with E-state index < -0.39 is 10.1 Å². The Morgan fingerprint density at radius 1 is 1.04 bits per heavy atom. The monoisotopic (exact) mass is 359 g/mol. The normalized spacial score (nSPS) is 15.0. The summed E-state index contributed by atoms with van der Waals surface area (Å²) in [6.07, 6.45) is 3.42. The van der Waals surface area contributed by atoms with Gasteiger partial charge in [0.15, 0.2) is 5.03 Å². The molecule has 24 heavy (non-hydrogen) atoms. The van der Waals surface area contributed by atoms with Crippen molar-refractivity contribution in [2.45, 2.75) is 23.6 Å². The molecule has 0 unspecified atom stereocenters. The number of hydrogen-bond donors (Lipinski definition) is 1. The van der Waals surface area contributed by atoms with E-state index in [-0.39, 0.29) is 5.03 Å². The Hall–Kier alpha value is -2.02. The molecular formula is C18H17NO3S2. The summed E-state index contributed by atoms with van der Waals surface area (Å²) < 4.78 is 34.3. The molecule has 0 spiro atoms. The zero-order valence-electron chi connectivity index (χ0n) is 13.3. The molecule has 0 amide bonds. The van der Waals surface area contributed by atoms with Crippen LogP contribution in [0.3, 0.4) is 0 Å². The first-order chi connectivity index (χ1) is 11.4. The van der Waals surface area contributed by atoms with Crippen molar-refractivity contribution in [2.24, 2.45) is 0 Å². The van der Waals surface area contributed by atoms with Crippen LogP contribution in [0.25, 0.3) is 0 Å². The van der Waals surface area contributed by atoms with Crippen molar-refractivity contribution in [1.82, 2.24) is 0 Å². The number of para-hydroxylation sites is 2. The van der Waals surface area contributed by atoms with Gasteiger partial charge in [-0.25, -0.2) is 0 Å². The lowest BCUT2D eigenvalue weighted by Gasteiger charge is -2.33.